The summed E-state index contributed by atoms with van der Waals surface area (Å²) in [6.07, 6.45) is 6.51. The summed E-state index contributed by atoms with van der Waals surface area (Å²) in [4.78, 5) is 127. The summed E-state index contributed by atoms with van der Waals surface area (Å²) in [6.45, 7) is 12.4. The van der Waals surface area contributed by atoms with Crippen molar-refractivity contribution in [2.45, 2.75) is 149 Å². The number of aromatic nitrogens is 1. The number of hydrogen-bond acceptors (Lipinski definition) is 15. The topological polar surface area (TPSA) is 288 Å². The number of carbonyl (C=O) groups is 8. The molecule has 6 N–H and O–H groups in total. The largest absolute Gasteiger partial charge is 0.506 e. The summed E-state index contributed by atoms with van der Waals surface area (Å²) in [6, 6.07) is 3.87. The van der Waals surface area contributed by atoms with Gasteiger partial charge in [-0.2, -0.15) is 9.59 Å². The molecule has 1 aliphatic rings. The first-order valence-corrected chi connectivity index (χ1v) is 26.4. The van der Waals surface area contributed by atoms with Crippen LogP contribution in [0.4, 0.5) is 5.69 Å². The lowest BCUT2D eigenvalue weighted by atomic mass is 9.83. The number of phenols is 1. The number of carboxylic acids is 1. The molecule has 0 aliphatic carbocycles. The minimum atomic E-state index is -0.978. The van der Waals surface area contributed by atoms with Crippen molar-refractivity contribution in [3.63, 3.8) is 0 Å². The summed E-state index contributed by atoms with van der Waals surface area (Å²) in [5.74, 6) is -4.27. The molecule has 1 aliphatic heterocycles. The normalized spacial score (nSPS) is 15.7. The Morgan fingerprint density at radius 1 is 1.03 bits per heavy atom. The minimum absolute atomic E-state index is 0.00763. The molecule has 0 spiro atoms. The first-order chi connectivity index (χ1) is 34.6. The van der Waals surface area contributed by atoms with Gasteiger partial charge < -0.3 is 41.1 Å². The van der Waals surface area contributed by atoms with E-state index in [0.717, 1.165) is 50.3 Å². The maximum Gasteiger partial charge on any atom is 0.373 e. The van der Waals surface area contributed by atoms with Crippen LogP contribution in [0.15, 0.2) is 34.1 Å². The minimum Gasteiger partial charge on any atom is -0.506 e. The summed E-state index contributed by atoms with van der Waals surface area (Å²) in [5.41, 5.74) is 1.05. The van der Waals surface area contributed by atoms with Crippen LogP contribution in [0.5, 0.6) is 5.75 Å². The van der Waals surface area contributed by atoms with Gasteiger partial charge in [0.05, 0.1) is 16.2 Å². The number of aliphatic carboxylic acids is 1. The SMILES string of the molecule is CCC[C@H](Cc1ccc(O)c(NC(=O)CCCNC(=O)/C=C(\Br)C(=O)NCCCC(=O)O)c1)NC(=O)c1csc([C@@H](C[C@H](C(C)C)N(C)C(=O)[C@@H](CC(=O)[C@H]2CCCCN2C)[C@@H](C)CC)OC(C)=O)n1.O=C=O. The second-order valence-electron chi connectivity index (χ2n) is 18.6. The van der Waals surface area contributed by atoms with Crippen molar-refractivity contribution in [3.8, 4) is 5.75 Å². The van der Waals surface area contributed by atoms with E-state index in [0.29, 0.717) is 17.8 Å². The third kappa shape index (κ3) is 22.4. The fourth-order valence-corrected chi connectivity index (χ4v) is 9.66. The Morgan fingerprint density at radius 3 is 2.32 bits per heavy atom. The van der Waals surface area contributed by atoms with E-state index < -0.39 is 47.6 Å². The quantitative estimate of drug-likeness (QED) is 0.0233. The molecule has 0 radical (unpaired) electrons. The molecule has 22 heteroatoms. The molecule has 1 saturated heterocycles. The molecular weight excluding hydrogens is 1030 g/mol. The van der Waals surface area contributed by atoms with E-state index in [1.165, 1.54) is 24.3 Å². The molecule has 1 aromatic carbocycles. The zero-order valence-corrected chi connectivity index (χ0v) is 45.7. The molecule has 0 saturated carbocycles. The van der Waals surface area contributed by atoms with E-state index in [1.54, 1.807) is 29.5 Å². The number of hydrogen-bond donors (Lipinski definition) is 6. The molecule has 1 fully saturated rings. The van der Waals surface area contributed by atoms with Crippen molar-refractivity contribution in [1.82, 2.24) is 30.7 Å². The van der Waals surface area contributed by atoms with Gasteiger partial charge in [0, 0.05) is 82.2 Å². The lowest BCUT2D eigenvalue weighted by molar-refractivity contribution is -0.192. The number of anilines is 1. The molecule has 3 rings (SSSR count). The van der Waals surface area contributed by atoms with Gasteiger partial charge in [0.1, 0.15) is 16.5 Å². The number of ketones is 1. The fourth-order valence-electron chi connectivity index (χ4n) is 8.47. The highest BCUT2D eigenvalue weighted by Crippen LogP contribution is 2.33. The second kappa shape index (κ2) is 33.1. The number of halogens is 1. The van der Waals surface area contributed by atoms with Gasteiger partial charge in [-0.05, 0) is 97.6 Å². The van der Waals surface area contributed by atoms with Gasteiger partial charge in [-0.3, -0.25) is 43.3 Å². The van der Waals surface area contributed by atoms with Gasteiger partial charge in [-0.25, -0.2) is 4.98 Å². The van der Waals surface area contributed by atoms with Gasteiger partial charge in [0.25, 0.3) is 11.8 Å². The molecule has 5 amide bonds. The van der Waals surface area contributed by atoms with Gasteiger partial charge >= 0.3 is 18.1 Å². The number of Topliss-reactive ketones (excluding diaryl/α,β-unsaturated/α-hetero) is 1. The van der Waals surface area contributed by atoms with E-state index in [4.69, 9.17) is 19.4 Å². The molecule has 2 heterocycles. The number of rotatable bonds is 29. The van der Waals surface area contributed by atoms with Crippen LogP contribution in [-0.4, -0.2) is 130 Å². The molecule has 0 bridgehead atoms. The third-order valence-corrected chi connectivity index (χ3v) is 14.1. The highest BCUT2D eigenvalue weighted by molar-refractivity contribution is 9.12. The number of phenolic OH excluding ortho intramolecular Hbond substituents is 1. The number of esters is 1. The second-order valence-corrected chi connectivity index (χ2v) is 20.4. The predicted octanol–water partition coefficient (Wildman–Crippen LogP) is 6.08. The number of nitrogens with zero attached hydrogens (tertiary/aromatic N) is 3. The lowest BCUT2D eigenvalue weighted by Crippen LogP contribution is -2.48. The van der Waals surface area contributed by atoms with Crippen molar-refractivity contribution in [2.24, 2.45) is 17.8 Å². The Morgan fingerprint density at radius 2 is 1.70 bits per heavy atom. The third-order valence-electron chi connectivity index (χ3n) is 12.6. The van der Waals surface area contributed by atoms with Crippen LogP contribution in [0.3, 0.4) is 0 Å². The molecule has 6 atom stereocenters. The summed E-state index contributed by atoms with van der Waals surface area (Å²) < 4.78 is 5.79. The Hall–Kier alpha value is -5.83. The Kier molecular flexibility index (Phi) is 28.7. The number of amides is 5. The maximum absolute atomic E-state index is 14.4. The van der Waals surface area contributed by atoms with Crippen LogP contribution in [0.2, 0.25) is 0 Å². The monoisotopic (exact) mass is 1100 g/mol. The maximum atomic E-state index is 14.4. The number of aromatic hydroxyl groups is 1. The number of thiazole rings is 1. The van der Waals surface area contributed by atoms with Gasteiger partial charge in [-0.1, -0.05) is 59.9 Å². The number of likely N-dealkylation sites (tertiary alicyclic amines) is 1. The van der Waals surface area contributed by atoms with Gasteiger partial charge in [0.2, 0.25) is 17.7 Å². The average molecular weight is 1110 g/mol. The van der Waals surface area contributed by atoms with Crippen molar-refractivity contribution in [2.75, 3.05) is 39.0 Å². The first kappa shape index (κ1) is 63.3. The van der Waals surface area contributed by atoms with E-state index >= 15 is 0 Å². The van der Waals surface area contributed by atoms with Crippen molar-refractivity contribution in [3.05, 3.63) is 50.4 Å². The van der Waals surface area contributed by atoms with Crippen LogP contribution in [0.25, 0.3) is 0 Å². The van der Waals surface area contributed by atoms with Gasteiger partial charge in [-0.15, -0.1) is 11.3 Å². The zero-order chi connectivity index (χ0) is 54.8. The summed E-state index contributed by atoms with van der Waals surface area (Å²) >= 11 is 4.22. The van der Waals surface area contributed by atoms with Crippen molar-refractivity contribution >= 4 is 86.4 Å². The standard InChI is InChI=1S/C50H74BrN7O11S.CO2/c1-9-15-34(24-33-19-20-41(60)37(25-33)55-44(62)17-13-21-52-45(63)27-36(51)47(66)53-22-14-18-46(64)65)54-48(67)38-29-70-49(56-38)43(69-32(6)59)28-40(30(3)4)58(8)50(68)35(31(5)10-2)26-42(61)39-16-11-12-23-57(39)7;2-1-3/h19-20,25,27,29-31,34-35,39-40,43,60H,9-18,21-24,26,28H2,1-8H3,(H,52,63)(H,53,66)(H,54,67)(H,55,62)(H,64,65);/b36-27-;/t31-,34+,35-,39+,40+,43+;/m0./s1. The lowest BCUT2D eigenvalue weighted by Gasteiger charge is -2.37. The Labute approximate surface area is 440 Å². The van der Waals surface area contributed by atoms with Crippen LogP contribution in [-0.2, 0) is 54.3 Å². The smallest absolute Gasteiger partial charge is 0.373 e. The van der Waals surface area contributed by atoms with Crippen LogP contribution in [0.1, 0.15) is 146 Å². The van der Waals surface area contributed by atoms with E-state index in [9.17, 15) is 43.5 Å². The Balaban J connectivity index is 0.00000593. The summed E-state index contributed by atoms with van der Waals surface area (Å²) in [5, 5.41) is 32.2. The van der Waals surface area contributed by atoms with E-state index in [2.05, 4.69) is 47.1 Å². The van der Waals surface area contributed by atoms with Crippen LogP contribution in [0, 0.1) is 17.8 Å². The zero-order valence-electron chi connectivity index (χ0n) is 43.3. The number of likely N-dealkylation sites (N-methyl/N-ethyl adjacent to an activating group) is 1. The molecule has 20 nitrogen and oxygen atoms in total. The number of carbonyl (C=O) groups excluding carboxylic acids is 9. The molecule has 404 valence electrons. The molecular formula is C51H74BrN7O13S. The number of carboxylic acid groups (broad SMARTS) is 1. The summed E-state index contributed by atoms with van der Waals surface area (Å²) in [7, 11) is 3.72. The number of ether oxygens (including phenoxy) is 1. The molecule has 2 aromatic rings. The number of nitrogens with one attached hydrogen (secondary N) is 4. The molecule has 0 unspecified atom stereocenters. The molecule has 1 aromatic heterocycles. The highest BCUT2D eigenvalue weighted by atomic mass is 79.9. The van der Waals surface area contributed by atoms with E-state index in [-0.39, 0.29) is 121 Å². The fraction of sp³-hybridized carbons (Fsp3) is 0.608. The van der Waals surface area contributed by atoms with Crippen LogP contribution < -0.4 is 21.3 Å². The first-order valence-electron chi connectivity index (χ1n) is 24.8. The molecule has 73 heavy (non-hydrogen) atoms. The van der Waals surface area contributed by atoms with Gasteiger partial charge in [0.15, 0.2) is 11.9 Å². The van der Waals surface area contributed by atoms with Crippen LogP contribution >= 0.6 is 27.3 Å². The van der Waals surface area contributed by atoms with E-state index in [1.807, 2.05) is 41.7 Å². The van der Waals surface area contributed by atoms with Crippen molar-refractivity contribution < 1.29 is 62.9 Å². The van der Waals surface area contributed by atoms with Crippen molar-refractivity contribution in [1.29, 1.82) is 0 Å². The average Bonchev–Trinajstić information content (AvgIpc) is 3.83. The Bertz CT molecular complexity index is 2250. The predicted molar refractivity (Wildman–Crippen MR) is 276 cm³/mol. The number of piperidine rings is 1. The highest BCUT2D eigenvalue weighted by Gasteiger charge is 2.38. The number of benzene rings is 1.